The molecule has 15 heteroatoms. The SMILES string of the molecule is CCCCN(CCCC)c1nc(-c2ccccc2)c(/C=C2\C(=O)N(N3C(=O)Cc4ccccc4C3=O)C(=O)C(C#N)=C2C)s1.CCN(CC)c1ccc2c(c1)Oc1cc(N(CC)CC)ccc1C21OC(=O)c2ccccc21. The van der Waals surface area contributed by atoms with Gasteiger partial charge in [0.05, 0.1) is 22.6 Å². The Morgan fingerprint density at radius 2 is 1.23 bits per heavy atom. The molecule has 4 aliphatic rings. The molecule has 0 atom stereocenters. The van der Waals surface area contributed by atoms with Gasteiger partial charge in [0.25, 0.3) is 23.6 Å². The summed E-state index contributed by atoms with van der Waals surface area (Å²) in [5.74, 6) is -2.21. The zero-order valence-electron chi connectivity index (χ0n) is 44.7. The molecule has 1 aromatic heterocycles. The molecule has 1 spiro atoms. The maximum absolute atomic E-state index is 14.1. The van der Waals surface area contributed by atoms with Crippen LogP contribution < -0.4 is 19.4 Å². The number of hydrogen-bond acceptors (Lipinski definition) is 13. The van der Waals surface area contributed by atoms with Crippen molar-refractivity contribution in [2.75, 3.05) is 54.0 Å². The molecule has 10 rings (SSSR count). The number of ether oxygens (including phenoxy) is 2. The lowest BCUT2D eigenvalue weighted by atomic mass is 9.77. The van der Waals surface area contributed by atoms with Gasteiger partial charge in [-0.05, 0) is 101 Å². The van der Waals surface area contributed by atoms with Crippen LogP contribution in [0.4, 0.5) is 16.5 Å². The minimum atomic E-state index is -1.01. The Kier molecular flexibility index (Phi) is 15.9. The number of nitrogens with zero attached hydrogens (tertiary/aromatic N) is 7. The zero-order valence-corrected chi connectivity index (χ0v) is 45.5. The standard InChI is InChI=1S/C34H33N5O4S.C28H30N2O3/c1-4-6-17-37(18-7-5-2)34-36-30(23-13-9-8-10-14-23)28(44-34)20-26-22(3)27(21-35)33(43)39(32(26)42)38-29(40)19-24-15-11-12-16-25(24)31(38)41;1-5-29(6-2)19-13-15-23-25(17-19)32-26-18-20(30(7-3)8-4)14-16-24(26)28(23)22-12-10-9-11-21(22)27(31)33-28/h8-16,20H,4-7,17-19H2,1-3H3;9-18H,5-8H2,1-4H3/b26-20-;. The van der Waals surface area contributed by atoms with E-state index in [9.17, 15) is 29.2 Å². The highest BCUT2D eigenvalue weighted by molar-refractivity contribution is 7.17. The van der Waals surface area contributed by atoms with Gasteiger partial charge in [-0.3, -0.25) is 19.2 Å². The number of esters is 1. The van der Waals surface area contributed by atoms with Crippen LogP contribution >= 0.6 is 11.3 Å². The summed E-state index contributed by atoms with van der Waals surface area (Å²) < 4.78 is 12.8. The monoisotopic (exact) mass is 1050 g/mol. The highest BCUT2D eigenvalue weighted by Gasteiger charge is 2.54. The highest BCUT2D eigenvalue weighted by Crippen LogP contribution is 2.57. The van der Waals surface area contributed by atoms with E-state index in [-0.39, 0.29) is 34.7 Å². The molecule has 0 fully saturated rings. The molecule has 0 aliphatic carbocycles. The van der Waals surface area contributed by atoms with Crippen LogP contribution in [0.15, 0.2) is 132 Å². The number of amides is 4. The first kappa shape index (κ1) is 53.5. The summed E-state index contributed by atoms with van der Waals surface area (Å²) in [7, 11) is 0. The second-order valence-electron chi connectivity index (χ2n) is 19.1. The Balaban J connectivity index is 0.000000195. The van der Waals surface area contributed by atoms with Gasteiger partial charge in [-0.2, -0.15) is 15.3 Å². The number of carbonyl (C=O) groups excluding carboxylic acids is 5. The Labute approximate surface area is 454 Å². The number of hydrazine groups is 1. The number of unbranched alkanes of at least 4 members (excludes halogenated alkanes) is 2. The molecule has 0 radical (unpaired) electrons. The molecule has 0 saturated heterocycles. The molecule has 5 heterocycles. The molecular weight excluding hydrogens is 987 g/mol. The number of aromatic nitrogens is 1. The molecule has 5 aromatic carbocycles. The van der Waals surface area contributed by atoms with Crippen molar-refractivity contribution in [1.29, 1.82) is 5.26 Å². The van der Waals surface area contributed by atoms with Gasteiger partial charge in [-0.25, -0.2) is 9.78 Å². The molecule has 0 bridgehead atoms. The van der Waals surface area contributed by atoms with Gasteiger partial charge >= 0.3 is 5.97 Å². The van der Waals surface area contributed by atoms with Crippen molar-refractivity contribution in [3.8, 4) is 28.8 Å². The second-order valence-corrected chi connectivity index (χ2v) is 20.1. The number of fused-ring (bicyclic) bond motifs is 7. The lowest BCUT2D eigenvalue weighted by Gasteiger charge is -2.37. The Morgan fingerprint density at radius 3 is 1.82 bits per heavy atom. The van der Waals surface area contributed by atoms with Gasteiger partial charge in [0.1, 0.15) is 23.1 Å². The Hall–Kier alpha value is -8.35. The van der Waals surface area contributed by atoms with Crippen LogP contribution in [-0.2, 0) is 31.1 Å². The van der Waals surface area contributed by atoms with E-state index in [1.807, 2.05) is 60.7 Å². The fourth-order valence-corrected chi connectivity index (χ4v) is 11.6. The number of nitriles is 1. The second kappa shape index (κ2) is 22.9. The maximum Gasteiger partial charge on any atom is 0.340 e. The first-order valence-corrected chi connectivity index (χ1v) is 27.5. The fourth-order valence-electron chi connectivity index (χ4n) is 10.5. The van der Waals surface area contributed by atoms with E-state index in [4.69, 9.17) is 14.5 Å². The highest BCUT2D eigenvalue weighted by atomic mass is 32.1. The minimum Gasteiger partial charge on any atom is -0.456 e. The number of imide groups is 2. The first-order chi connectivity index (χ1) is 37.4. The predicted octanol–water partition coefficient (Wildman–Crippen LogP) is 11.9. The van der Waals surface area contributed by atoms with Gasteiger partial charge < -0.3 is 24.2 Å². The van der Waals surface area contributed by atoms with Crippen molar-refractivity contribution in [2.45, 2.75) is 86.2 Å². The molecular formula is C62H63N7O7S. The van der Waals surface area contributed by atoms with Crippen molar-refractivity contribution in [2.24, 2.45) is 0 Å². The van der Waals surface area contributed by atoms with Crippen LogP contribution in [0.3, 0.4) is 0 Å². The van der Waals surface area contributed by atoms with E-state index >= 15 is 0 Å². The number of hydrogen-bond donors (Lipinski definition) is 0. The third kappa shape index (κ3) is 9.78. The summed E-state index contributed by atoms with van der Waals surface area (Å²) in [6, 6.07) is 38.2. The average molecular weight is 1050 g/mol. The molecule has 394 valence electrons. The summed E-state index contributed by atoms with van der Waals surface area (Å²) in [5, 5.41) is 11.9. The molecule has 6 aromatic rings. The summed E-state index contributed by atoms with van der Waals surface area (Å²) in [4.78, 5) is 79.8. The van der Waals surface area contributed by atoms with Crippen LogP contribution in [0, 0.1) is 11.3 Å². The normalized spacial score (nSPS) is 15.5. The molecule has 4 amide bonds. The molecule has 0 N–H and O–H groups in total. The number of carbonyl (C=O) groups is 5. The number of thiazole rings is 1. The first-order valence-electron chi connectivity index (χ1n) is 26.6. The van der Waals surface area contributed by atoms with Crippen molar-refractivity contribution >= 4 is 63.5 Å². The van der Waals surface area contributed by atoms with Crippen molar-refractivity contribution in [1.82, 2.24) is 15.0 Å². The van der Waals surface area contributed by atoms with Gasteiger partial charge in [0.15, 0.2) is 10.7 Å². The van der Waals surface area contributed by atoms with Gasteiger partial charge in [0.2, 0.25) is 0 Å². The molecule has 77 heavy (non-hydrogen) atoms. The van der Waals surface area contributed by atoms with Crippen LogP contribution in [0.2, 0.25) is 0 Å². The largest absolute Gasteiger partial charge is 0.456 e. The van der Waals surface area contributed by atoms with E-state index in [1.54, 1.807) is 30.3 Å². The topological polar surface area (TPSA) is 157 Å². The predicted molar refractivity (Wildman–Crippen MR) is 301 cm³/mol. The smallest absolute Gasteiger partial charge is 0.340 e. The van der Waals surface area contributed by atoms with Gasteiger partial charge in [0, 0.05) is 96.2 Å². The third-order valence-corrected chi connectivity index (χ3v) is 15.7. The minimum absolute atomic E-state index is 0.0432. The van der Waals surface area contributed by atoms with E-state index in [0.717, 1.165) is 115 Å². The number of benzene rings is 5. The molecule has 4 aliphatic heterocycles. The van der Waals surface area contributed by atoms with Crippen LogP contribution in [0.5, 0.6) is 11.5 Å². The zero-order chi connectivity index (χ0) is 54.5. The average Bonchev–Trinajstić information content (AvgIpc) is 4.14. The third-order valence-electron chi connectivity index (χ3n) is 14.7. The van der Waals surface area contributed by atoms with Crippen LogP contribution in [-0.4, -0.2) is 83.9 Å². The van der Waals surface area contributed by atoms with Crippen molar-refractivity contribution in [3.05, 3.63) is 170 Å². The number of rotatable bonds is 16. The quantitative estimate of drug-likeness (QED) is 0.0514. The molecule has 0 unspecified atom stereocenters. The van der Waals surface area contributed by atoms with E-state index < -0.39 is 29.2 Å². The molecule has 14 nitrogen and oxygen atoms in total. The van der Waals surface area contributed by atoms with E-state index in [1.165, 1.54) is 18.3 Å². The summed E-state index contributed by atoms with van der Waals surface area (Å²) in [6.07, 6.45) is 5.55. The van der Waals surface area contributed by atoms with Crippen molar-refractivity contribution in [3.63, 3.8) is 0 Å². The van der Waals surface area contributed by atoms with E-state index in [2.05, 4.69) is 92.6 Å². The Bertz CT molecular complexity index is 3320. The molecule has 0 saturated carbocycles. The lowest BCUT2D eigenvalue weighted by Crippen LogP contribution is -2.59. The summed E-state index contributed by atoms with van der Waals surface area (Å²) >= 11 is 1.43. The van der Waals surface area contributed by atoms with Crippen LogP contribution in [0.25, 0.3) is 17.3 Å². The van der Waals surface area contributed by atoms with Crippen molar-refractivity contribution < 1.29 is 33.4 Å². The Morgan fingerprint density at radius 1 is 0.662 bits per heavy atom. The summed E-state index contributed by atoms with van der Waals surface area (Å²) in [5.41, 5.74) is 6.53. The van der Waals surface area contributed by atoms with Gasteiger partial charge in [-0.1, -0.05) is 105 Å². The number of anilines is 3. The lowest BCUT2D eigenvalue weighted by molar-refractivity contribution is -0.164. The van der Waals surface area contributed by atoms with E-state index in [0.29, 0.717) is 31.7 Å². The summed E-state index contributed by atoms with van der Waals surface area (Å²) in [6.45, 7) is 19.7. The van der Waals surface area contributed by atoms with Gasteiger partial charge in [-0.15, -0.1) is 0 Å². The van der Waals surface area contributed by atoms with Crippen LogP contribution in [0.1, 0.15) is 122 Å². The fraction of sp³-hybridized carbons (Fsp3) is 0.306. The maximum atomic E-state index is 14.1.